The Morgan fingerprint density at radius 3 is 2.42 bits per heavy atom. The Hall–Kier alpha value is -0.0400. The Kier molecular flexibility index (Phi) is 1.52. The van der Waals surface area contributed by atoms with E-state index in [0.29, 0.717) is 0 Å². The molecule has 2 saturated carbocycles. The molecule has 0 bridgehead atoms. The van der Waals surface area contributed by atoms with E-state index in [0.717, 1.165) is 23.8 Å². The van der Waals surface area contributed by atoms with Gasteiger partial charge in [0, 0.05) is 6.04 Å². The highest BCUT2D eigenvalue weighted by Gasteiger charge is 2.53. The summed E-state index contributed by atoms with van der Waals surface area (Å²) >= 11 is 0. The van der Waals surface area contributed by atoms with E-state index in [9.17, 15) is 0 Å². The third kappa shape index (κ3) is 0.834. The molecule has 68 valence electrons. The number of rotatable bonds is 1. The van der Waals surface area contributed by atoms with E-state index in [4.69, 9.17) is 0 Å². The van der Waals surface area contributed by atoms with Crippen molar-refractivity contribution in [2.45, 2.75) is 38.6 Å². The van der Waals surface area contributed by atoms with Gasteiger partial charge < -0.3 is 4.90 Å². The van der Waals surface area contributed by atoms with Crippen LogP contribution in [0.25, 0.3) is 0 Å². The molecule has 4 unspecified atom stereocenters. The molecule has 0 N–H and O–H groups in total. The van der Waals surface area contributed by atoms with Gasteiger partial charge in [0.1, 0.15) is 0 Å². The lowest BCUT2D eigenvalue weighted by Crippen LogP contribution is -2.60. The van der Waals surface area contributed by atoms with Gasteiger partial charge in [-0.05, 0) is 56.5 Å². The standard InChI is InChI=1S/C11H19N/c1-8-6-9-7-10(11(8)9)12-4-2-3-5-12/h8-11H,2-7H2,1H3. The molecule has 0 radical (unpaired) electrons. The van der Waals surface area contributed by atoms with Crippen molar-refractivity contribution in [3.8, 4) is 0 Å². The van der Waals surface area contributed by atoms with Gasteiger partial charge in [-0.25, -0.2) is 0 Å². The fourth-order valence-electron chi connectivity index (χ4n) is 3.74. The predicted octanol–water partition coefficient (Wildman–Crippen LogP) is 2.13. The van der Waals surface area contributed by atoms with E-state index in [1.807, 2.05) is 0 Å². The van der Waals surface area contributed by atoms with Crippen LogP contribution in [0.1, 0.15) is 32.6 Å². The minimum Gasteiger partial charge on any atom is -0.300 e. The second-order valence-corrected chi connectivity index (χ2v) is 5.10. The third-order valence-electron chi connectivity index (χ3n) is 4.47. The first-order valence-electron chi connectivity index (χ1n) is 5.60. The molecule has 4 atom stereocenters. The fourth-order valence-corrected chi connectivity index (χ4v) is 3.74. The van der Waals surface area contributed by atoms with Gasteiger partial charge in [0.05, 0.1) is 0 Å². The van der Waals surface area contributed by atoms with Crippen LogP contribution in [-0.2, 0) is 0 Å². The number of hydrogen-bond acceptors (Lipinski definition) is 1. The van der Waals surface area contributed by atoms with Crippen molar-refractivity contribution >= 4 is 0 Å². The van der Waals surface area contributed by atoms with Crippen molar-refractivity contribution in [2.24, 2.45) is 17.8 Å². The normalized spacial score (nSPS) is 52.8. The Labute approximate surface area is 75.1 Å². The first-order valence-corrected chi connectivity index (χ1v) is 5.60. The lowest BCUT2D eigenvalue weighted by atomic mass is 9.51. The second-order valence-electron chi connectivity index (χ2n) is 5.10. The van der Waals surface area contributed by atoms with Crippen LogP contribution in [0, 0.1) is 17.8 Å². The summed E-state index contributed by atoms with van der Waals surface area (Å²) < 4.78 is 0. The SMILES string of the molecule is CC1CC2CC(N3CCCC3)C12. The average molecular weight is 165 g/mol. The highest BCUT2D eigenvalue weighted by atomic mass is 15.2. The van der Waals surface area contributed by atoms with Crippen LogP contribution in [0.4, 0.5) is 0 Å². The third-order valence-corrected chi connectivity index (χ3v) is 4.47. The van der Waals surface area contributed by atoms with Crippen molar-refractivity contribution in [1.82, 2.24) is 4.90 Å². The van der Waals surface area contributed by atoms with Crippen LogP contribution in [0.5, 0.6) is 0 Å². The maximum atomic E-state index is 2.76. The molecule has 1 heterocycles. The van der Waals surface area contributed by atoms with Gasteiger partial charge in [0.15, 0.2) is 0 Å². The highest BCUT2D eigenvalue weighted by molar-refractivity contribution is 5.05. The molecule has 12 heavy (non-hydrogen) atoms. The van der Waals surface area contributed by atoms with Gasteiger partial charge in [-0.1, -0.05) is 6.92 Å². The first-order chi connectivity index (χ1) is 5.86. The first kappa shape index (κ1) is 7.37. The highest BCUT2D eigenvalue weighted by Crippen LogP contribution is 2.56. The largest absolute Gasteiger partial charge is 0.300 e. The maximum Gasteiger partial charge on any atom is 0.0131 e. The van der Waals surface area contributed by atoms with Crippen LogP contribution in [-0.4, -0.2) is 24.0 Å². The summed E-state index contributed by atoms with van der Waals surface area (Å²) in [5, 5.41) is 0. The molecule has 0 aromatic rings. The average Bonchev–Trinajstić information content (AvgIpc) is 2.49. The zero-order valence-electron chi connectivity index (χ0n) is 8.00. The van der Waals surface area contributed by atoms with Crippen LogP contribution >= 0.6 is 0 Å². The summed E-state index contributed by atoms with van der Waals surface area (Å²) in [7, 11) is 0. The van der Waals surface area contributed by atoms with Gasteiger partial charge >= 0.3 is 0 Å². The summed E-state index contributed by atoms with van der Waals surface area (Å²) in [4.78, 5) is 2.76. The molecule has 0 amide bonds. The molecule has 1 aliphatic heterocycles. The van der Waals surface area contributed by atoms with Crippen molar-refractivity contribution in [2.75, 3.05) is 13.1 Å². The molecular formula is C11H19N. The number of likely N-dealkylation sites (tertiary alicyclic amines) is 1. The smallest absolute Gasteiger partial charge is 0.0131 e. The molecule has 3 aliphatic rings. The van der Waals surface area contributed by atoms with Gasteiger partial charge in [-0.3, -0.25) is 0 Å². The molecule has 2 aliphatic carbocycles. The molecule has 1 saturated heterocycles. The summed E-state index contributed by atoms with van der Waals surface area (Å²) in [5.41, 5.74) is 0. The van der Waals surface area contributed by atoms with Crippen LogP contribution in [0.15, 0.2) is 0 Å². The van der Waals surface area contributed by atoms with Crippen molar-refractivity contribution in [3.63, 3.8) is 0 Å². The second kappa shape index (κ2) is 2.47. The van der Waals surface area contributed by atoms with Crippen molar-refractivity contribution < 1.29 is 0 Å². The van der Waals surface area contributed by atoms with E-state index in [1.165, 1.54) is 38.8 Å². The number of fused-ring (bicyclic) bond motifs is 1. The molecule has 3 rings (SSSR count). The van der Waals surface area contributed by atoms with E-state index in [1.54, 1.807) is 0 Å². The van der Waals surface area contributed by atoms with Crippen molar-refractivity contribution in [3.05, 3.63) is 0 Å². The Morgan fingerprint density at radius 2 is 1.83 bits per heavy atom. The molecule has 1 nitrogen and oxygen atoms in total. The van der Waals surface area contributed by atoms with Crippen LogP contribution in [0.2, 0.25) is 0 Å². The minimum absolute atomic E-state index is 1.02. The molecular weight excluding hydrogens is 146 g/mol. The molecule has 0 spiro atoms. The topological polar surface area (TPSA) is 3.24 Å². The Balaban J connectivity index is 1.64. The summed E-state index contributed by atoms with van der Waals surface area (Å²) in [5.74, 6) is 3.31. The van der Waals surface area contributed by atoms with E-state index in [-0.39, 0.29) is 0 Å². The number of nitrogens with zero attached hydrogens (tertiary/aromatic N) is 1. The molecule has 3 fully saturated rings. The number of hydrogen-bond donors (Lipinski definition) is 0. The van der Waals surface area contributed by atoms with E-state index < -0.39 is 0 Å². The van der Waals surface area contributed by atoms with Crippen LogP contribution < -0.4 is 0 Å². The maximum absolute atomic E-state index is 2.76. The van der Waals surface area contributed by atoms with Gasteiger partial charge in [0.25, 0.3) is 0 Å². The lowest BCUT2D eigenvalue weighted by molar-refractivity contribution is -0.0997. The lowest BCUT2D eigenvalue weighted by Gasteiger charge is -2.60. The van der Waals surface area contributed by atoms with Gasteiger partial charge in [0.2, 0.25) is 0 Å². The Bertz CT molecular complexity index is 177. The van der Waals surface area contributed by atoms with E-state index >= 15 is 0 Å². The quantitative estimate of drug-likeness (QED) is 0.575. The molecule has 1 heteroatoms. The molecule has 0 aromatic heterocycles. The molecule has 0 aromatic carbocycles. The zero-order valence-corrected chi connectivity index (χ0v) is 8.00. The monoisotopic (exact) mass is 165 g/mol. The zero-order chi connectivity index (χ0) is 8.13. The fraction of sp³-hybridized carbons (Fsp3) is 1.00. The van der Waals surface area contributed by atoms with Gasteiger partial charge in [-0.15, -0.1) is 0 Å². The summed E-state index contributed by atoms with van der Waals surface area (Å²) in [6, 6.07) is 1.02. The van der Waals surface area contributed by atoms with Crippen molar-refractivity contribution in [1.29, 1.82) is 0 Å². The van der Waals surface area contributed by atoms with E-state index in [2.05, 4.69) is 11.8 Å². The minimum atomic E-state index is 1.02. The van der Waals surface area contributed by atoms with Crippen LogP contribution in [0.3, 0.4) is 0 Å². The summed E-state index contributed by atoms with van der Waals surface area (Å²) in [6.45, 7) is 5.25. The Morgan fingerprint density at radius 1 is 1.08 bits per heavy atom. The van der Waals surface area contributed by atoms with Gasteiger partial charge in [-0.2, -0.15) is 0 Å². The predicted molar refractivity (Wildman–Crippen MR) is 50.0 cm³/mol. The summed E-state index contributed by atoms with van der Waals surface area (Å²) in [6.07, 6.45) is 5.99.